The molecule has 4 heteroatoms. The van der Waals surface area contributed by atoms with Crippen molar-refractivity contribution in [2.75, 3.05) is 7.11 Å². The van der Waals surface area contributed by atoms with Crippen molar-refractivity contribution in [2.24, 2.45) is 7.05 Å². The van der Waals surface area contributed by atoms with Gasteiger partial charge in [-0.05, 0) is 48.2 Å². The van der Waals surface area contributed by atoms with E-state index in [9.17, 15) is 4.79 Å². The van der Waals surface area contributed by atoms with Crippen LogP contribution in [0, 0.1) is 23.7 Å². The molecule has 0 radical (unpaired) electrons. The van der Waals surface area contributed by atoms with Crippen molar-refractivity contribution in [3.8, 4) is 29.4 Å². The first-order chi connectivity index (χ1) is 12.7. The number of imidazole rings is 1. The van der Waals surface area contributed by atoms with Gasteiger partial charge in [-0.3, -0.25) is 4.79 Å². The molecule has 4 nitrogen and oxygen atoms in total. The van der Waals surface area contributed by atoms with Gasteiger partial charge < -0.3 is 9.30 Å². The lowest BCUT2D eigenvalue weighted by atomic mass is 10.1. The Morgan fingerprint density at radius 1 is 0.923 bits per heavy atom. The monoisotopic (exact) mass is 340 g/mol. The minimum Gasteiger partial charge on any atom is -0.497 e. The molecule has 0 fully saturated rings. The van der Waals surface area contributed by atoms with Crippen LogP contribution in [-0.2, 0) is 7.05 Å². The van der Waals surface area contributed by atoms with Gasteiger partial charge in [-0.2, -0.15) is 0 Å². The highest BCUT2D eigenvalue weighted by Crippen LogP contribution is 2.11. The van der Waals surface area contributed by atoms with E-state index in [1.807, 2.05) is 48.0 Å². The standard InChI is InChI=1S/C22H16N2O2/c1-24-16-23-21(13-9-18-7-11-20(26-2)12-8-18)22(24)14-10-17-3-5-19(15-25)6-4-17/h3-8,11-12,15-16H,1-2H3. The number of methoxy groups -OCH3 is 1. The van der Waals surface area contributed by atoms with Crippen molar-refractivity contribution >= 4 is 6.29 Å². The summed E-state index contributed by atoms with van der Waals surface area (Å²) in [5, 5.41) is 0. The minimum absolute atomic E-state index is 0.625. The summed E-state index contributed by atoms with van der Waals surface area (Å²) in [5.41, 5.74) is 3.69. The predicted octanol–water partition coefficient (Wildman–Crippen LogP) is 3.04. The van der Waals surface area contributed by atoms with E-state index < -0.39 is 0 Å². The third-order valence-corrected chi connectivity index (χ3v) is 3.72. The molecular weight excluding hydrogens is 324 g/mol. The number of aromatic nitrogens is 2. The summed E-state index contributed by atoms with van der Waals surface area (Å²) in [6.45, 7) is 0. The van der Waals surface area contributed by atoms with Crippen molar-refractivity contribution in [3.05, 3.63) is 82.9 Å². The van der Waals surface area contributed by atoms with Crippen LogP contribution in [-0.4, -0.2) is 22.9 Å². The molecule has 1 aromatic heterocycles. The highest BCUT2D eigenvalue weighted by molar-refractivity contribution is 5.74. The molecule has 0 saturated carbocycles. The Balaban J connectivity index is 1.86. The highest BCUT2D eigenvalue weighted by atomic mass is 16.5. The van der Waals surface area contributed by atoms with Crippen LogP contribution in [0.4, 0.5) is 0 Å². The zero-order chi connectivity index (χ0) is 18.4. The molecule has 0 spiro atoms. The van der Waals surface area contributed by atoms with Gasteiger partial charge in [-0.25, -0.2) is 4.98 Å². The second-order valence-corrected chi connectivity index (χ2v) is 5.52. The van der Waals surface area contributed by atoms with E-state index in [1.165, 1.54) is 0 Å². The molecule has 3 rings (SSSR count). The summed E-state index contributed by atoms with van der Waals surface area (Å²) in [7, 11) is 3.51. The lowest BCUT2D eigenvalue weighted by molar-refractivity contribution is 0.112. The number of ether oxygens (including phenoxy) is 1. The lowest BCUT2D eigenvalue weighted by Gasteiger charge is -1.97. The summed E-state index contributed by atoms with van der Waals surface area (Å²) in [6.07, 6.45) is 2.50. The number of aryl methyl sites for hydroxylation is 1. The third kappa shape index (κ3) is 4.01. The van der Waals surface area contributed by atoms with Crippen LogP contribution in [0.3, 0.4) is 0 Å². The maximum Gasteiger partial charge on any atom is 0.150 e. The van der Waals surface area contributed by atoms with Gasteiger partial charge in [-0.15, -0.1) is 0 Å². The maximum atomic E-state index is 10.7. The van der Waals surface area contributed by atoms with E-state index in [4.69, 9.17) is 4.74 Å². The quantitative estimate of drug-likeness (QED) is 0.532. The van der Waals surface area contributed by atoms with Crippen molar-refractivity contribution in [1.29, 1.82) is 0 Å². The summed E-state index contributed by atoms with van der Waals surface area (Å²) in [4.78, 5) is 15.0. The Morgan fingerprint density at radius 3 is 2.15 bits per heavy atom. The van der Waals surface area contributed by atoms with Gasteiger partial charge in [0.1, 0.15) is 23.4 Å². The normalized spacial score (nSPS) is 9.46. The predicted molar refractivity (Wildman–Crippen MR) is 100.0 cm³/mol. The molecule has 0 aliphatic carbocycles. The Bertz CT molecular complexity index is 1040. The van der Waals surface area contributed by atoms with Gasteiger partial charge in [0.25, 0.3) is 0 Å². The summed E-state index contributed by atoms with van der Waals surface area (Å²) in [6, 6.07) is 14.6. The number of rotatable bonds is 2. The maximum absolute atomic E-state index is 10.7. The minimum atomic E-state index is 0.625. The first-order valence-corrected chi connectivity index (χ1v) is 7.94. The SMILES string of the molecule is COc1ccc(C#Cc2ncn(C)c2C#Cc2ccc(C=O)cc2)cc1. The molecule has 3 aromatic rings. The molecule has 0 amide bonds. The molecular formula is C22H16N2O2. The van der Waals surface area contributed by atoms with E-state index in [1.54, 1.807) is 25.6 Å². The van der Waals surface area contributed by atoms with Crippen molar-refractivity contribution < 1.29 is 9.53 Å². The fourth-order valence-electron chi connectivity index (χ4n) is 2.25. The van der Waals surface area contributed by atoms with Crippen LogP contribution < -0.4 is 4.74 Å². The van der Waals surface area contributed by atoms with E-state index >= 15 is 0 Å². The number of carbonyl (C=O) groups is 1. The van der Waals surface area contributed by atoms with Crippen LogP contribution in [0.2, 0.25) is 0 Å². The fourth-order valence-corrected chi connectivity index (χ4v) is 2.25. The number of hydrogen-bond acceptors (Lipinski definition) is 3. The zero-order valence-electron chi connectivity index (χ0n) is 14.5. The summed E-state index contributed by atoms with van der Waals surface area (Å²) < 4.78 is 6.98. The molecule has 1 heterocycles. The average Bonchev–Trinajstić information content (AvgIpc) is 3.05. The van der Waals surface area contributed by atoms with Gasteiger partial charge in [0.05, 0.1) is 13.4 Å². The molecule has 2 aromatic carbocycles. The molecule has 26 heavy (non-hydrogen) atoms. The van der Waals surface area contributed by atoms with Crippen LogP contribution in [0.25, 0.3) is 0 Å². The fraction of sp³-hybridized carbons (Fsp3) is 0.0909. The van der Waals surface area contributed by atoms with Gasteiger partial charge in [0.2, 0.25) is 0 Å². The van der Waals surface area contributed by atoms with Gasteiger partial charge in [0.15, 0.2) is 0 Å². The Morgan fingerprint density at radius 2 is 1.54 bits per heavy atom. The lowest BCUT2D eigenvalue weighted by Crippen LogP contribution is -1.91. The third-order valence-electron chi connectivity index (χ3n) is 3.72. The molecule has 0 aliphatic heterocycles. The van der Waals surface area contributed by atoms with Gasteiger partial charge >= 0.3 is 0 Å². The van der Waals surface area contributed by atoms with Crippen molar-refractivity contribution in [1.82, 2.24) is 9.55 Å². The second kappa shape index (κ2) is 7.88. The number of carbonyl (C=O) groups excluding carboxylic acids is 1. The Labute approximate surface area is 152 Å². The van der Waals surface area contributed by atoms with E-state index in [2.05, 4.69) is 28.7 Å². The van der Waals surface area contributed by atoms with Crippen molar-refractivity contribution in [2.45, 2.75) is 0 Å². The number of aldehydes is 1. The summed E-state index contributed by atoms with van der Waals surface area (Å²) in [5.74, 6) is 13.1. The molecule has 0 bridgehead atoms. The van der Waals surface area contributed by atoms with Crippen LogP contribution >= 0.6 is 0 Å². The van der Waals surface area contributed by atoms with E-state index in [-0.39, 0.29) is 0 Å². The largest absolute Gasteiger partial charge is 0.497 e. The first-order valence-electron chi connectivity index (χ1n) is 7.94. The van der Waals surface area contributed by atoms with Gasteiger partial charge in [0, 0.05) is 23.7 Å². The number of nitrogens with zero attached hydrogens (tertiary/aromatic N) is 2. The number of hydrogen-bond donors (Lipinski definition) is 0. The van der Waals surface area contributed by atoms with Gasteiger partial charge in [-0.1, -0.05) is 24.0 Å². The van der Waals surface area contributed by atoms with E-state index in [0.717, 1.165) is 28.9 Å². The second-order valence-electron chi connectivity index (χ2n) is 5.52. The molecule has 0 unspecified atom stereocenters. The van der Waals surface area contributed by atoms with Crippen molar-refractivity contribution in [3.63, 3.8) is 0 Å². The zero-order valence-corrected chi connectivity index (χ0v) is 14.5. The summed E-state index contributed by atoms with van der Waals surface area (Å²) >= 11 is 0. The Kier molecular flexibility index (Phi) is 5.17. The smallest absolute Gasteiger partial charge is 0.150 e. The van der Waals surface area contributed by atoms with Crippen LogP contribution in [0.15, 0.2) is 54.9 Å². The van der Waals surface area contributed by atoms with Crippen LogP contribution in [0.1, 0.15) is 32.9 Å². The molecule has 0 atom stereocenters. The van der Waals surface area contributed by atoms with Crippen LogP contribution in [0.5, 0.6) is 5.75 Å². The molecule has 0 saturated heterocycles. The highest BCUT2D eigenvalue weighted by Gasteiger charge is 2.03. The molecule has 0 aliphatic rings. The topological polar surface area (TPSA) is 44.1 Å². The first kappa shape index (κ1) is 17.1. The average molecular weight is 340 g/mol. The number of benzene rings is 2. The molecule has 126 valence electrons. The Hall–Kier alpha value is -3.76. The van der Waals surface area contributed by atoms with E-state index in [0.29, 0.717) is 11.3 Å². The molecule has 0 N–H and O–H groups in total.